The summed E-state index contributed by atoms with van der Waals surface area (Å²) in [4.78, 5) is 34.9. The van der Waals surface area contributed by atoms with Crippen LogP contribution in [0.4, 0.5) is 0 Å². The van der Waals surface area contributed by atoms with E-state index in [2.05, 4.69) is 0 Å². The molecule has 0 bridgehead atoms. The number of cyclic esters (lactones) is 2. The van der Waals surface area contributed by atoms with Crippen LogP contribution in [0.25, 0.3) is 0 Å². The molecule has 2 saturated heterocycles. The molecule has 0 aliphatic carbocycles. The molecule has 122 valence electrons. The minimum atomic E-state index is -0.766. The highest BCUT2D eigenvalue weighted by Gasteiger charge is 2.40. The maximum Gasteiger partial charge on any atom is 0.333 e. The maximum atomic E-state index is 12.3. The zero-order chi connectivity index (χ0) is 16.2. The van der Waals surface area contributed by atoms with E-state index in [-0.39, 0.29) is 37.3 Å². The van der Waals surface area contributed by atoms with Gasteiger partial charge in [0.1, 0.15) is 5.60 Å². The van der Waals surface area contributed by atoms with Crippen LogP contribution >= 0.6 is 0 Å². The first-order chi connectivity index (χ1) is 10.4. The normalized spacial score (nSPS) is 29.0. The van der Waals surface area contributed by atoms with Gasteiger partial charge in [0.25, 0.3) is 0 Å². The zero-order valence-corrected chi connectivity index (χ0v) is 13.1. The predicted molar refractivity (Wildman–Crippen MR) is 76.7 cm³/mol. The number of hydrogen-bond acceptors (Lipinski definition) is 6. The Kier molecular flexibility index (Phi) is 5.21. The van der Waals surface area contributed by atoms with Gasteiger partial charge in [-0.15, -0.1) is 0 Å². The van der Waals surface area contributed by atoms with Gasteiger partial charge >= 0.3 is 17.9 Å². The van der Waals surface area contributed by atoms with Crippen LogP contribution in [-0.2, 0) is 28.6 Å². The number of ether oxygens (including phenoxy) is 3. The van der Waals surface area contributed by atoms with Crippen molar-refractivity contribution in [3.63, 3.8) is 0 Å². The molecule has 0 amide bonds. The lowest BCUT2D eigenvalue weighted by molar-refractivity contribution is -0.175. The Bertz CT molecular complexity index is 491. The highest BCUT2D eigenvalue weighted by atomic mass is 16.6. The quantitative estimate of drug-likeness (QED) is 0.438. The van der Waals surface area contributed by atoms with Crippen LogP contribution in [0.3, 0.4) is 0 Å². The summed E-state index contributed by atoms with van der Waals surface area (Å²) in [5.74, 6) is -1.11. The van der Waals surface area contributed by atoms with Gasteiger partial charge in [-0.3, -0.25) is 9.59 Å². The molecule has 2 unspecified atom stereocenters. The third-order valence-corrected chi connectivity index (χ3v) is 4.00. The van der Waals surface area contributed by atoms with Crippen LogP contribution in [0.1, 0.15) is 46.0 Å². The van der Waals surface area contributed by atoms with Crippen molar-refractivity contribution in [2.45, 2.75) is 51.6 Å². The van der Waals surface area contributed by atoms with Crippen LogP contribution in [0.15, 0.2) is 11.6 Å². The molecule has 2 aliphatic heterocycles. The van der Waals surface area contributed by atoms with E-state index in [0.717, 1.165) is 6.42 Å². The Hall–Kier alpha value is -1.85. The molecule has 2 rings (SSSR count). The van der Waals surface area contributed by atoms with Crippen molar-refractivity contribution in [3.8, 4) is 0 Å². The minimum Gasteiger partial charge on any atom is -0.465 e. The minimum absolute atomic E-state index is 0.0847. The third-order valence-electron chi connectivity index (χ3n) is 4.00. The summed E-state index contributed by atoms with van der Waals surface area (Å²) in [6.07, 6.45) is 4.08. The zero-order valence-electron chi connectivity index (χ0n) is 13.1. The fourth-order valence-corrected chi connectivity index (χ4v) is 2.90. The largest absolute Gasteiger partial charge is 0.465 e. The first-order valence-electron chi connectivity index (χ1n) is 7.67. The molecule has 6 nitrogen and oxygen atoms in total. The fourth-order valence-electron chi connectivity index (χ4n) is 2.90. The van der Waals surface area contributed by atoms with Crippen molar-refractivity contribution in [3.05, 3.63) is 11.6 Å². The number of carbonyl (C=O) groups excluding carboxylic acids is 3. The van der Waals surface area contributed by atoms with E-state index in [9.17, 15) is 14.4 Å². The van der Waals surface area contributed by atoms with Crippen molar-refractivity contribution >= 4 is 17.9 Å². The molecule has 6 heteroatoms. The van der Waals surface area contributed by atoms with Crippen LogP contribution in [0.5, 0.6) is 0 Å². The molecular formula is C16H22O6. The summed E-state index contributed by atoms with van der Waals surface area (Å²) >= 11 is 0. The Morgan fingerprint density at radius 3 is 2.73 bits per heavy atom. The van der Waals surface area contributed by atoms with E-state index < -0.39 is 11.6 Å². The topological polar surface area (TPSA) is 78.9 Å². The van der Waals surface area contributed by atoms with Gasteiger partial charge in [0, 0.05) is 17.9 Å². The molecule has 0 radical (unpaired) electrons. The molecule has 0 aromatic carbocycles. The monoisotopic (exact) mass is 310 g/mol. The second kappa shape index (κ2) is 6.94. The molecule has 0 aromatic rings. The summed E-state index contributed by atoms with van der Waals surface area (Å²) in [7, 11) is 0. The van der Waals surface area contributed by atoms with E-state index in [1.54, 1.807) is 13.0 Å². The molecule has 0 aromatic heterocycles. The van der Waals surface area contributed by atoms with Gasteiger partial charge in [-0.1, -0.05) is 19.4 Å². The average molecular weight is 310 g/mol. The SMILES string of the molecule is CCCC1(OC(=O)C(C)=CC2COC(=O)C2)CCOC(=O)C1. The van der Waals surface area contributed by atoms with Crippen LogP contribution in [0.2, 0.25) is 0 Å². The Morgan fingerprint density at radius 2 is 2.14 bits per heavy atom. The molecule has 2 fully saturated rings. The van der Waals surface area contributed by atoms with Crippen LogP contribution < -0.4 is 0 Å². The van der Waals surface area contributed by atoms with E-state index in [1.807, 2.05) is 6.92 Å². The molecule has 2 heterocycles. The summed E-state index contributed by atoms with van der Waals surface area (Å²) in [6, 6.07) is 0. The highest BCUT2D eigenvalue weighted by Crippen LogP contribution is 2.32. The first kappa shape index (κ1) is 16.5. The maximum absolute atomic E-state index is 12.3. The van der Waals surface area contributed by atoms with E-state index in [4.69, 9.17) is 14.2 Å². The molecule has 0 spiro atoms. The Labute approximate surface area is 129 Å². The molecule has 22 heavy (non-hydrogen) atoms. The highest BCUT2D eigenvalue weighted by molar-refractivity contribution is 5.88. The Morgan fingerprint density at radius 1 is 1.36 bits per heavy atom. The average Bonchev–Trinajstić information content (AvgIpc) is 2.84. The predicted octanol–water partition coefficient (Wildman–Crippen LogP) is 1.91. The lowest BCUT2D eigenvalue weighted by Gasteiger charge is -2.35. The first-order valence-corrected chi connectivity index (χ1v) is 7.67. The van der Waals surface area contributed by atoms with Gasteiger partial charge in [-0.25, -0.2) is 4.79 Å². The molecule has 2 atom stereocenters. The second-order valence-corrected chi connectivity index (χ2v) is 5.97. The van der Waals surface area contributed by atoms with Crippen LogP contribution in [0, 0.1) is 5.92 Å². The summed E-state index contributed by atoms with van der Waals surface area (Å²) in [5, 5.41) is 0. The molecular weight excluding hydrogens is 288 g/mol. The lowest BCUT2D eigenvalue weighted by atomic mass is 9.88. The molecule has 2 aliphatic rings. The lowest BCUT2D eigenvalue weighted by Crippen LogP contribution is -2.43. The number of rotatable bonds is 5. The van der Waals surface area contributed by atoms with Crippen molar-refractivity contribution in [1.29, 1.82) is 0 Å². The van der Waals surface area contributed by atoms with Gasteiger partial charge in [0.2, 0.25) is 0 Å². The van der Waals surface area contributed by atoms with E-state index in [0.29, 0.717) is 25.0 Å². The number of hydrogen-bond donors (Lipinski definition) is 0. The van der Waals surface area contributed by atoms with Gasteiger partial charge in [-0.05, 0) is 13.3 Å². The van der Waals surface area contributed by atoms with Crippen LogP contribution in [-0.4, -0.2) is 36.7 Å². The third kappa shape index (κ3) is 4.08. The molecule has 0 saturated carbocycles. The van der Waals surface area contributed by atoms with Gasteiger partial charge in [0.05, 0.1) is 26.1 Å². The van der Waals surface area contributed by atoms with Crippen molar-refractivity contribution in [1.82, 2.24) is 0 Å². The van der Waals surface area contributed by atoms with Gasteiger partial charge < -0.3 is 14.2 Å². The van der Waals surface area contributed by atoms with E-state index >= 15 is 0 Å². The second-order valence-electron chi connectivity index (χ2n) is 5.97. The van der Waals surface area contributed by atoms with E-state index in [1.165, 1.54) is 0 Å². The van der Waals surface area contributed by atoms with Gasteiger partial charge in [0.15, 0.2) is 0 Å². The van der Waals surface area contributed by atoms with Gasteiger partial charge in [-0.2, -0.15) is 0 Å². The number of esters is 3. The smallest absolute Gasteiger partial charge is 0.333 e. The number of carbonyl (C=O) groups is 3. The molecule has 0 N–H and O–H groups in total. The Balaban J connectivity index is 2.02. The fraction of sp³-hybridized carbons (Fsp3) is 0.688. The van der Waals surface area contributed by atoms with Crippen molar-refractivity contribution < 1.29 is 28.6 Å². The van der Waals surface area contributed by atoms with Crippen molar-refractivity contribution in [2.75, 3.05) is 13.2 Å². The standard InChI is InChI=1S/C16H22O6/c1-3-4-16(5-6-20-14(18)9-16)22-15(19)11(2)7-12-8-13(17)21-10-12/h7,12H,3-6,8-10H2,1-2H3. The summed E-state index contributed by atoms with van der Waals surface area (Å²) < 4.78 is 15.5. The van der Waals surface area contributed by atoms with Crippen molar-refractivity contribution in [2.24, 2.45) is 5.92 Å². The summed E-state index contributed by atoms with van der Waals surface area (Å²) in [5.41, 5.74) is -0.323. The summed E-state index contributed by atoms with van der Waals surface area (Å²) in [6.45, 7) is 4.22.